The first-order valence-electron chi connectivity index (χ1n) is 4.28. The van der Waals surface area contributed by atoms with E-state index < -0.39 is 11.7 Å². The smallest absolute Gasteiger partial charge is 0.417 e. The van der Waals surface area contributed by atoms with Gasteiger partial charge in [0.1, 0.15) is 5.75 Å². The molecule has 0 saturated heterocycles. The maximum atomic E-state index is 12.4. The van der Waals surface area contributed by atoms with E-state index in [1.54, 1.807) is 6.92 Å². The van der Waals surface area contributed by atoms with Crippen LogP contribution in [0, 0.1) is 0 Å². The fourth-order valence-electron chi connectivity index (χ4n) is 1.14. The van der Waals surface area contributed by atoms with Crippen LogP contribution < -0.4 is 4.74 Å². The summed E-state index contributed by atoms with van der Waals surface area (Å²) in [6.07, 6.45) is -4.36. The van der Waals surface area contributed by atoms with E-state index in [1.807, 2.05) is 0 Å². The molecule has 0 aliphatic carbocycles. The fourth-order valence-corrected chi connectivity index (χ4v) is 1.14. The SMILES string of the molecule is CCOc1ccc(C=O)c(C(F)(F)F)c1. The van der Waals surface area contributed by atoms with E-state index >= 15 is 0 Å². The average molecular weight is 218 g/mol. The molecule has 0 aliphatic heterocycles. The zero-order chi connectivity index (χ0) is 11.5. The third-order valence-electron chi connectivity index (χ3n) is 1.77. The summed E-state index contributed by atoms with van der Waals surface area (Å²) < 4.78 is 42.2. The lowest BCUT2D eigenvalue weighted by Crippen LogP contribution is -2.09. The molecule has 0 saturated carbocycles. The van der Waals surface area contributed by atoms with E-state index in [4.69, 9.17) is 4.74 Å². The van der Waals surface area contributed by atoms with Crippen molar-refractivity contribution in [1.29, 1.82) is 0 Å². The summed E-state index contributed by atoms with van der Waals surface area (Å²) in [6.45, 7) is 1.94. The monoisotopic (exact) mass is 218 g/mol. The van der Waals surface area contributed by atoms with Crippen molar-refractivity contribution >= 4 is 6.29 Å². The number of benzene rings is 1. The summed E-state index contributed by atoms with van der Waals surface area (Å²) in [4.78, 5) is 10.4. The number of hydrogen-bond acceptors (Lipinski definition) is 2. The zero-order valence-corrected chi connectivity index (χ0v) is 7.97. The molecule has 0 spiro atoms. The first kappa shape index (κ1) is 11.6. The maximum Gasteiger partial charge on any atom is 0.417 e. The molecule has 1 aromatic rings. The normalized spacial score (nSPS) is 11.2. The molecule has 5 heteroatoms. The van der Waals surface area contributed by atoms with E-state index in [-0.39, 0.29) is 24.2 Å². The molecule has 0 unspecified atom stereocenters. The van der Waals surface area contributed by atoms with Gasteiger partial charge in [-0.3, -0.25) is 4.79 Å². The number of carbonyl (C=O) groups is 1. The third-order valence-corrected chi connectivity index (χ3v) is 1.77. The number of aldehydes is 1. The van der Waals surface area contributed by atoms with Gasteiger partial charge in [0.15, 0.2) is 6.29 Å². The highest BCUT2D eigenvalue weighted by Gasteiger charge is 2.33. The molecule has 0 amide bonds. The van der Waals surface area contributed by atoms with Crippen LogP contribution in [-0.4, -0.2) is 12.9 Å². The summed E-state index contributed by atoms with van der Waals surface area (Å²) in [7, 11) is 0. The quantitative estimate of drug-likeness (QED) is 0.729. The van der Waals surface area contributed by atoms with Crippen LogP contribution in [0.5, 0.6) is 5.75 Å². The molecule has 0 heterocycles. The molecule has 0 aliphatic rings. The molecular formula is C10H9F3O2. The standard InChI is InChI=1S/C10H9F3O2/c1-2-15-8-4-3-7(6-14)9(5-8)10(11,12)13/h3-6H,2H2,1H3. The van der Waals surface area contributed by atoms with Crippen molar-refractivity contribution in [3.05, 3.63) is 29.3 Å². The highest BCUT2D eigenvalue weighted by molar-refractivity contribution is 5.78. The topological polar surface area (TPSA) is 26.3 Å². The van der Waals surface area contributed by atoms with Gasteiger partial charge in [-0.2, -0.15) is 13.2 Å². The summed E-state index contributed by atoms with van der Waals surface area (Å²) >= 11 is 0. The minimum Gasteiger partial charge on any atom is -0.494 e. The van der Waals surface area contributed by atoms with Crippen molar-refractivity contribution in [2.24, 2.45) is 0 Å². The predicted octanol–water partition coefficient (Wildman–Crippen LogP) is 2.92. The van der Waals surface area contributed by atoms with Gasteiger partial charge in [-0.25, -0.2) is 0 Å². The minimum absolute atomic E-state index is 0.107. The number of ether oxygens (including phenoxy) is 1. The fraction of sp³-hybridized carbons (Fsp3) is 0.300. The first-order chi connectivity index (χ1) is 6.99. The second-order valence-electron chi connectivity index (χ2n) is 2.80. The number of carbonyl (C=O) groups excluding carboxylic acids is 1. The number of halogens is 3. The lowest BCUT2D eigenvalue weighted by Gasteiger charge is -2.11. The van der Waals surface area contributed by atoms with Crippen LogP contribution in [0.15, 0.2) is 18.2 Å². The average Bonchev–Trinajstić information content (AvgIpc) is 2.17. The van der Waals surface area contributed by atoms with Crippen molar-refractivity contribution in [2.45, 2.75) is 13.1 Å². The Kier molecular flexibility index (Phi) is 3.34. The van der Waals surface area contributed by atoms with Gasteiger partial charge in [0.25, 0.3) is 0 Å². The second kappa shape index (κ2) is 4.33. The van der Waals surface area contributed by atoms with Crippen molar-refractivity contribution < 1.29 is 22.7 Å². The van der Waals surface area contributed by atoms with Crippen LogP contribution in [0.3, 0.4) is 0 Å². The number of alkyl halides is 3. The molecular weight excluding hydrogens is 209 g/mol. The molecule has 0 atom stereocenters. The molecule has 0 bridgehead atoms. The molecule has 0 aromatic heterocycles. The Balaban J connectivity index is 3.19. The molecule has 0 N–H and O–H groups in total. The molecule has 2 nitrogen and oxygen atoms in total. The summed E-state index contributed by atoms with van der Waals surface area (Å²) in [5.74, 6) is 0.107. The Morgan fingerprint density at radius 2 is 2.07 bits per heavy atom. The molecule has 1 aromatic carbocycles. The van der Waals surface area contributed by atoms with E-state index in [0.717, 1.165) is 12.1 Å². The van der Waals surface area contributed by atoms with Crippen LogP contribution in [0.25, 0.3) is 0 Å². The molecule has 0 radical (unpaired) electrons. The third kappa shape index (κ3) is 2.71. The lowest BCUT2D eigenvalue weighted by atomic mass is 10.1. The van der Waals surface area contributed by atoms with Crippen molar-refractivity contribution in [3.8, 4) is 5.75 Å². The van der Waals surface area contributed by atoms with Crippen molar-refractivity contribution in [3.63, 3.8) is 0 Å². The van der Waals surface area contributed by atoms with E-state index in [0.29, 0.717) is 0 Å². The maximum absolute atomic E-state index is 12.4. The molecule has 15 heavy (non-hydrogen) atoms. The van der Waals surface area contributed by atoms with Crippen LogP contribution in [0.2, 0.25) is 0 Å². The lowest BCUT2D eigenvalue weighted by molar-refractivity contribution is -0.137. The molecule has 82 valence electrons. The zero-order valence-electron chi connectivity index (χ0n) is 7.97. The van der Waals surface area contributed by atoms with Crippen LogP contribution >= 0.6 is 0 Å². The summed E-state index contributed by atoms with van der Waals surface area (Å²) in [5, 5.41) is 0. The van der Waals surface area contributed by atoms with E-state index in [1.165, 1.54) is 6.07 Å². The Morgan fingerprint density at radius 3 is 2.53 bits per heavy atom. The van der Waals surface area contributed by atoms with Gasteiger partial charge in [0.2, 0.25) is 0 Å². The Labute approximate surface area is 84.7 Å². The van der Waals surface area contributed by atoms with E-state index in [9.17, 15) is 18.0 Å². The summed E-state index contributed by atoms with van der Waals surface area (Å²) in [6, 6.07) is 3.26. The van der Waals surface area contributed by atoms with Crippen molar-refractivity contribution in [1.82, 2.24) is 0 Å². The van der Waals surface area contributed by atoms with Crippen LogP contribution in [-0.2, 0) is 6.18 Å². The predicted molar refractivity (Wildman–Crippen MR) is 48.0 cm³/mol. The largest absolute Gasteiger partial charge is 0.494 e. The van der Waals surface area contributed by atoms with Crippen LogP contribution in [0.4, 0.5) is 13.2 Å². The molecule has 1 rings (SSSR count). The highest BCUT2D eigenvalue weighted by atomic mass is 19.4. The van der Waals surface area contributed by atoms with Gasteiger partial charge < -0.3 is 4.74 Å². The summed E-state index contributed by atoms with van der Waals surface area (Å²) in [5.41, 5.74) is -1.35. The van der Waals surface area contributed by atoms with Gasteiger partial charge >= 0.3 is 6.18 Å². The van der Waals surface area contributed by atoms with E-state index in [2.05, 4.69) is 0 Å². The second-order valence-corrected chi connectivity index (χ2v) is 2.80. The van der Waals surface area contributed by atoms with Gasteiger partial charge in [0.05, 0.1) is 12.2 Å². The Morgan fingerprint density at radius 1 is 1.40 bits per heavy atom. The first-order valence-corrected chi connectivity index (χ1v) is 4.28. The molecule has 0 fully saturated rings. The van der Waals surface area contributed by atoms with Gasteiger partial charge in [-0.15, -0.1) is 0 Å². The van der Waals surface area contributed by atoms with Gasteiger partial charge in [0, 0.05) is 5.56 Å². The highest BCUT2D eigenvalue weighted by Crippen LogP contribution is 2.33. The number of rotatable bonds is 3. The van der Waals surface area contributed by atoms with Crippen LogP contribution in [0.1, 0.15) is 22.8 Å². The Hall–Kier alpha value is -1.52. The van der Waals surface area contributed by atoms with Gasteiger partial charge in [-0.05, 0) is 25.1 Å². The van der Waals surface area contributed by atoms with Gasteiger partial charge in [-0.1, -0.05) is 0 Å². The minimum atomic E-state index is -4.54. The number of hydrogen-bond donors (Lipinski definition) is 0. The van der Waals surface area contributed by atoms with Crippen molar-refractivity contribution in [2.75, 3.05) is 6.61 Å². The Bertz CT molecular complexity index is 358.